The van der Waals surface area contributed by atoms with Crippen molar-refractivity contribution >= 4 is 21.6 Å². The van der Waals surface area contributed by atoms with Gasteiger partial charge in [0.05, 0.1) is 12.1 Å². The summed E-state index contributed by atoms with van der Waals surface area (Å²) in [7, 11) is 0. The first kappa shape index (κ1) is 14.0. The minimum Gasteiger partial charge on any atom is -0.394 e. The molecule has 0 fully saturated rings. The van der Waals surface area contributed by atoms with Crippen molar-refractivity contribution in [1.82, 2.24) is 0 Å². The van der Waals surface area contributed by atoms with E-state index in [9.17, 15) is 9.50 Å². The van der Waals surface area contributed by atoms with Gasteiger partial charge in [0.15, 0.2) is 0 Å². The smallest absolute Gasteiger partial charge is 0.129 e. The van der Waals surface area contributed by atoms with Gasteiger partial charge in [0.25, 0.3) is 0 Å². The zero-order valence-electron chi connectivity index (χ0n) is 10.5. The minimum absolute atomic E-state index is 0.208. The topological polar surface area (TPSA) is 32.3 Å². The van der Waals surface area contributed by atoms with Gasteiger partial charge in [-0.2, -0.15) is 0 Å². The summed E-state index contributed by atoms with van der Waals surface area (Å²) in [6, 6.07) is 14.3. The molecule has 1 atom stereocenters. The largest absolute Gasteiger partial charge is 0.394 e. The van der Waals surface area contributed by atoms with Crippen molar-refractivity contribution in [2.45, 2.75) is 12.5 Å². The highest BCUT2D eigenvalue weighted by Crippen LogP contribution is 2.29. The molecule has 2 nitrogen and oxygen atoms in total. The number of aliphatic hydroxyl groups is 1. The van der Waals surface area contributed by atoms with Crippen molar-refractivity contribution in [3.63, 3.8) is 0 Å². The fourth-order valence-electron chi connectivity index (χ4n) is 1.97. The molecule has 0 aromatic heterocycles. The quantitative estimate of drug-likeness (QED) is 0.894. The molecule has 1 unspecified atom stereocenters. The Labute approximate surface area is 120 Å². The summed E-state index contributed by atoms with van der Waals surface area (Å²) < 4.78 is 14.7. The van der Waals surface area contributed by atoms with Crippen molar-refractivity contribution in [3.05, 3.63) is 64.4 Å². The lowest BCUT2D eigenvalue weighted by atomic mass is 9.92. The summed E-state index contributed by atoms with van der Waals surface area (Å²) in [5.74, 6) is -0.352. The number of hydrogen-bond acceptors (Lipinski definition) is 2. The third-order valence-corrected chi connectivity index (χ3v) is 3.53. The highest BCUT2D eigenvalue weighted by Gasteiger charge is 2.28. The maximum Gasteiger partial charge on any atom is 0.129 e. The van der Waals surface area contributed by atoms with Crippen molar-refractivity contribution in [1.29, 1.82) is 0 Å². The van der Waals surface area contributed by atoms with Crippen LogP contribution in [0.2, 0.25) is 0 Å². The first-order valence-electron chi connectivity index (χ1n) is 5.95. The van der Waals surface area contributed by atoms with Gasteiger partial charge in [0.2, 0.25) is 0 Å². The molecule has 0 amide bonds. The fourth-order valence-corrected chi connectivity index (χ4v) is 2.30. The molecule has 2 rings (SSSR count). The van der Waals surface area contributed by atoms with E-state index in [1.807, 2.05) is 30.3 Å². The third-order valence-electron chi connectivity index (χ3n) is 3.04. The van der Waals surface area contributed by atoms with E-state index < -0.39 is 5.54 Å². The highest BCUT2D eigenvalue weighted by molar-refractivity contribution is 9.10. The molecular weight excluding hydrogens is 309 g/mol. The van der Waals surface area contributed by atoms with Crippen molar-refractivity contribution < 1.29 is 9.50 Å². The van der Waals surface area contributed by atoms with E-state index in [0.29, 0.717) is 10.0 Å². The number of nitrogens with one attached hydrogen (secondary N) is 1. The molecule has 0 bridgehead atoms. The lowest BCUT2D eigenvalue weighted by molar-refractivity contribution is 0.220. The van der Waals surface area contributed by atoms with Crippen LogP contribution in [0.25, 0.3) is 0 Å². The lowest BCUT2D eigenvalue weighted by Gasteiger charge is -2.31. The molecule has 2 N–H and O–H groups in total. The number of hydrogen-bond donors (Lipinski definition) is 2. The summed E-state index contributed by atoms with van der Waals surface area (Å²) in [6.07, 6.45) is 0. The number of benzene rings is 2. The van der Waals surface area contributed by atoms with Crippen LogP contribution in [0.3, 0.4) is 0 Å². The fraction of sp³-hybridized carbons (Fsp3) is 0.200. The van der Waals surface area contributed by atoms with E-state index in [0.717, 1.165) is 5.69 Å². The van der Waals surface area contributed by atoms with Crippen LogP contribution in [-0.2, 0) is 5.54 Å². The summed E-state index contributed by atoms with van der Waals surface area (Å²) in [5.41, 5.74) is 0.398. The SMILES string of the molecule is CC(CO)(Nc1ccccc1)c1ccc(Br)cc1F. The molecule has 100 valence electrons. The zero-order valence-corrected chi connectivity index (χ0v) is 12.1. The predicted molar refractivity (Wildman–Crippen MR) is 78.6 cm³/mol. The van der Waals surface area contributed by atoms with E-state index in [1.54, 1.807) is 19.1 Å². The Balaban J connectivity index is 2.36. The van der Waals surface area contributed by atoms with E-state index in [2.05, 4.69) is 21.2 Å². The van der Waals surface area contributed by atoms with E-state index in [1.165, 1.54) is 6.07 Å². The second-order valence-electron chi connectivity index (χ2n) is 4.61. The number of halogens is 2. The lowest BCUT2D eigenvalue weighted by Crippen LogP contribution is -2.36. The zero-order chi connectivity index (χ0) is 13.9. The summed E-state index contributed by atoms with van der Waals surface area (Å²) >= 11 is 3.23. The van der Waals surface area contributed by atoms with Gasteiger partial charge in [-0.3, -0.25) is 0 Å². The number of rotatable bonds is 4. The molecule has 0 saturated heterocycles. The number of anilines is 1. The second kappa shape index (κ2) is 5.72. The molecule has 0 radical (unpaired) electrons. The molecule has 0 heterocycles. The molecule has 2 aromatic rings. The van der Waals surface area contributed by atoms with Crippen LogP contribution in [-0.4, -0.2) is 11.7 Å². The Morgan fingerprint density at radius 2 is 1.89 bits per heavy atom. The van der Waals surface area contributed by atoms with Gasteiger partial charge in [-0.25, -0.2) is 4.39 Å². The van der Waals surface area contributed by atoms with Crippen molar-refractivity contribution in [3.8, 4) is 0 Å². The maximum atomic E-state index is 14.1. The molecule has 0 saturated carbocycles. The van der Waals surface area contributed by atoms with E-state index in [-0.39, 0.29) is 12.4 Å². The molecule has 19 heavy (non-hydrogen) atoms. The summed E-state index contributed by atoms with van der Waals surface area (Å²) in [5, 5.41) is 12.8. The summed E-state index contributed by atoms with van der Waals surface area (Å²) in [4.78, 5) is 0. The number of para-hydroxylation sites is 1. The molecule has 0 aliphatic rings. The first-order valence-corrected chi connectivity index (χ1v) is 6.74. The van der Waals surface area contributed by atoms with Gasteiger partial charge in [0.1, 0.15) is 5.82 Å². The average Bonchev–Trinajstić information content (AvgIpc) is 2.39. The monoisotopic (exact) mass is 323 g/mol. The van der Waals surface area contributed by atoms with Crippen LogP contribution >= 0.6 is 15.9 Å². The minimum atomic E-state index is -0.869. The van der Waals surface area contributed by atoms with E-state index in [4.69, 9.17) is 0 Å². The van der Waals surface area contributed by atoms with Crippen molar-refractivity contribution in [2.24, 2.45) is 0 Å². The molecular formula is C15H15BrFNO. The average molecular weight is 324 g/mol. The normalized spacial score (nSPS) is 13.9. The number of aliphatic hydroxyl groups excluding tert-OH is 1. The van der Waals surface area contributed by atoms with Gasteiger partial charge in [-0.15, -0.1) is 0 Å². The van der Waals surface area contributed by atoms with Crippen LogP contribution in [0.4, 0.5) is 10.1 Å². The standard InChI is InChI=1S/C15H15BrFNO/c1-15(10-19,18-12-5-3-2-4-6-12)13-8-7-11(16)9-14(13)17/h2-9,18-19H,10H2,1H3. The van der Waals surface area contributed by atoms with E-state index >= 15 is 0 Å². The maximum absolute atomic E-state index is 14.1. The Bertz CT molecular complexity index is 561. The first-order chi connectivity index (χ1) is 9.05. The van der Waals surface area contributed by atoms with Crippen LogP contribution in [0.5, 0.6) is 0 Å². The summed E-state index contributed by atoms with van der Waals surface area (Å²) in [6.45, 7) is 1.56. The third kappa shape index (κ3) is 3.14. The Hall–Kier alpha value is -1.39. The molecule has 0 spiro atoms. The van der Waals surface area contributed by atoms with Crippen molar-refractivity contribution in [2.75, 3.05) is 11.9 Å². The molecule has 2 aromatic carbocycles. The molecule has 4 heteroatoms. The predicted octanol–water partition coefficient (Wildman–Crippen LogP) is 3.91. The van der Waals surface area contributed by atoms with Gasteiger partial charge < -0.3 is 10.4 Å². The van der Waals surface area contributed by atoms with Crippen LogP contribution in [0, 0.1) is 5.82 Å². The van der Waals surface area contributed by atoms with Gasteiger partial charge in [-0.1, -0.05) is 40.2 Å². The van der Waals surface area contributed by atoms with Crippen LogP contribution in [0.15, 0.2) is 53.0 Å². The Morgan fingerprint density at radius 1 is 1.21 bits per heavy atom. The highest BCUT2D eigenvalue weighted by atomic mass is 79.9. The molecule has 0 aliphatic carbocycles. The van der Waals surface area contributed by atoms with Crippen LogP contribution < -0.4 is 5.32 Å². The molecule has 0 aliphatic heterocycles. The Kier molecular flexibility index (Phi) is 4.22. The van der Waals surface area contributed by atoms with Gasteiger partial charge in [0, 0.05) is 15.7 Å². The van der Waals surface area contributed by atoms with Gasteiger partial charge >= 0.3 is 0 Å². The van der Waals surface area contributed by atoms with Gasteiger partial charge in [-0.05, 0) is 31.2 Å². The van der Waals surface area contributed by atoms with Crippen LogP contribution in [0.1, 0.15) is 12.5 Å². The Morgan fingerprint density at radius 3 is 2.47 bits per heavy atom. The second-order valence-corrected chi connectivity index (χ2v) is 5.52.